The number of aromatic nitrogens is 1. The Morgan fingerprint density at radius 2 is 1.82 bits per heavy atom. The van der Waals surface area contributed by atoms with E-state index in [0.29, 0.717) is 22.3 Å². The number of rotatable bonds is 8. The Balaban J connectivity index is 1.51. The number of hydrogen-bond donors (Lipinski definition) is 1. The molecule has 0 radical (unpaired) electrons. The monoisotopic (exact) mass is 479 g/mol. The van der Waals surface area contributed by atoms with Crippen LogP contribution in [0.15, 0.2) is 72.8 Å². The lowest BCUT2D eigenvalue weighted by molar-refractivity contribution is -0.118. The van der Waals surface area contributed by atoms with Crippen LogP contribution in [0.4, 0.5) is 5.13 Å². The predicted molar refractivity (Wildman–Crippen MR) is 132 cm³/mol. The number of carbonyl (C=O) groups is 2. The highest BCUT2D eigenvalue weighted by atomic mass is 35.5. The van der Waals surface area contributed by atoms with E-state index in [0.717, 1.165) is 21.5 Å². The molecule has 0 bridgehead atoms. The first kappa shape index (κ1) is 22.8. The van der Waals surface area contributed by atoms with Gasteiger partial charge < -0.3 is 10.1 Å². The largest absolute Gasteiger partial charge is 0.497 e. The van der Waals surface area contributed by atoms with E-state index in [4.69, 9.17) is 16.3 Å². The van der Waals surface area contributed by atoms with Crippen molar-refractivity contribution in [3.05, 3.63) is 88.9 Å². The van der Waals surface area contributed by atoms with E-state index in [-0.39, 0.29) is 24.8 Å². The van der Waals surface area contributed by atoms with E-state index in [1.54, 1.807) is 36.3 Å². The second-order valence-electron chi connectivity index (χ2n) is 7.28. The number of halogens is 1. The molecule has 6 nitrogen and oxygen atoms in total. The number of benzene rings is 3. The Morgan fingerprint density at radius 3 is 2.58 bits per heavy atom. The third-order valence-electron chi connectivity index (χ3n) is 5.04. The number of fused-ring (bicyclic) bond motifs is 1. The van der Waals surface area contributed by atoms with Crippen molar-refractivity contribution in [3.8, 4) is 5.75 Å². The zero-order chi connectivity index (χ0) is 23.2. The molecular weight excluding hydrogens is 458 g/mol. The van der Waals surface area contributed by atoms with Crippen LogP contribution >= 0.6 is 22.9 Å². The maximum absolute atomic E-state index is 13.2. The minimum absolute atomic E-state index is 0.127. The zero-order valence-corrected chi connectivity index (χ0v) is 19.5. The highest BCUT2D eigenvalue weighted by Gasteiger charge is 2.21. The van der Waals surface area contributed by atoms with Crippen LogP contribution < -0.4 is 15.0 Å². The second kappa shape index (κ2) is 10.5. The first-order valence-corrected chi connectivity index (χ1v) is 11.6. The Bertz CT molecular complexity index is 1280. The second-order valence-corrected chi connectivity index (χ2v) is 8.70. The van der Waals surface area contributed by atoms with E-state index in [1.807, 2.05) is 48.5 Å². The number of amides is 2. The molecule has 1 heterocycles. The topological polar surface area (TPSA) is 71.5 Å². The van der Waals surface area contributed by atoms with Crippen LogP contribution in [0.3, 0.4) is 0 Å². The molecule has 0 fully saturated rings. The summed E-state index contributed by atoms with van der Waals surface area (Å²) in [6.07, 6.45) is 0.127. The van der Waals surface area contributed by atoms with E-state index in [1.165, 1.54) is 11.3 Å². The molecule has 3 aromatic carbocycles. The van der Waals surface area contributed by atoms with E-state index in [2.05, 4.69) is 10.3 Å². The van der Waals surface area contributed by atoms with Gasteiger partial charge in [0.15, 0.2) is 5.13 Å². The van der Waals surface area contributed by atoms with Crippen molar-refractivity contribution in [2.45, 2.75) is 13.0 Å². The summed E-state index contributed by atoms with van der Waals surface area (Å²) < 4.78 is 6.24. The van der Waals surface area contributed by atoms with Gasteiger partial charge in [0.05, 0.1) is 34.5 Å². The van der Waals surface area contributed by atoms with Gasteiger partial charge in [0.2, 0.25) is 5.91 Å². The number of anilines is 1. The average molecular weight is 480 g/mol. The van der Waals surface area contributed by atoms with Gasteiger partial charge in [-0.05, 0) is 35.9 Å². The average Bonchev–Trinajstić information content (AvgIpc) is 3.26. The molecule has 4 rings (SSSR count). The number of hydrogen-bond acceptors (Lipinski definition) is 5. The van der Waals surface area contributed by atoms with Crippen molar-refractivity contribution in [3.63, 3.8) is 0 Å². The molecule has 0 saturated carbocycles. The van der Waals surface area contributed by atoms with Crippen LogP contribution in [-0.4, -0.2) is 30.5 Å². The Morgan fingerprint density at radius 1 is 1.06 bits per heavy atom. The SMILES string of the molecule is COc1ccc2nc(N(Cc3ccccc3)C(=O)CCNC(=O)c3ccccc3Cl)sc2c1. The highest BCUT2D eigenvalue weighted by Crippen LogP contribution is 2.32. The molecule has 33 heavy (non-hydrogen) atoms. The first-order valence-electron chi connectivity index (χ1n) is 10.4. The van der Waals surface area contributed by atoms with Crippen LogP contribution in [0.5, 0.6) is 5.75 Å². The van der Waals surface area contributed by atoms with Crippen molar-refractivity contribution in [2.24, 2.45) is 0 Å². The fraction of sp³-hybridized carbons (Fsp3) is 0.160. The molecule has 8 heteroatoms. The van der Waals surface area contributed by atoms with Gasteiger partial charge in [-0.2, -0.15) is 0 Å². The molecule has 168 valence electrons. The third-order valence-corrected chi connectivity index (χ3v) is 6.41. The fourth-order valence-electron chi connectivity index (χ4n) is 3.32. The molecule has 1 N–H and O–H groups in total. The molecule has 1 aromatic heterocycles. The van der Waals surface area contributed by atoms with Crippen LogP contribution in [0, 0.1) is 0 Å². The number of methoxy groups -OCH3 is 1. The van der Waals surface area contributed by atoms with Gasteiger partial charge in [-0.15, -0.1) is 0 Å². The maximum atomic E-state index is 13.2. The molecular formula is C25H22ClN3O3S. The lowest BCUT2D eigenvalue weighted by Crippen LogP contribution is -2.34. The Kier molecular flexibility index (Phi) is 7.22. The van der Waals surface area contributed by atoms with Crippen LogP contribution in [0.25, 0.3) is 10.2 Å². The highest BCUT2D eigenvalue weighted by molar-refractivity contribution is 7.22. The van der Waals surface area contributed by atoms with Gasteiger partial charge in [0, 0.05) is 13.0 Å². The number of ether oxygens (including phenoxy) is 1. The quantitative estimate of drug-likeness (QED) is 0.371. The van der Waals surface area contributed by atoms with Crippen molar-refractivity contribution < 1.29 is 14.3 Å². The van der Waals surface area contributed by atoms with Gasteiger partial charge >= 0.3 is 0 Å². The fourth-order valence-corrected chi connectivity index (χ4v) is 4.55. The summed E-state index contributed by atoms with van der Waals surface area (Å²) in [4.78, 5) is 32.0. The first-order chi connectivity index (χ1) is 16.0. The zero-order valence-electron chi connectivity index (χ0n) is 18.0. The lowest BCUT2D eigenvalue weighted by Gasteiger charge is -2.20. The molecule has 0 spiro atoms. The molecule has 2 amide bonds. The van der Waals surface area contributed by atoms with Gasteiger partial charge in [-0.25, -0.2) is 4.98 Å². The Labute approximate surface area is 200 Å². The Hall–Kier alpha value is -3.42. The molecule has 0 saturated heterocycles. The van der Waals surface area contributed by atoms with Crippen molar-refractivity contribution in [2.75, 3.05) is 18.6 Å². The van der Waals surface area contributed by atoms with Crippen LogP contribution in [0.2, 0.25) is 5.02 Å². The summed E-state index contributed by atoms with van der Waals surface area (Å²) in [6, 6.07) is 22.2. The minimum atomic E-state index is -0.310. The summed E-state index contributed by atoms with van der Waals surface area (Å²) in [6.45, 7) is 0.571. The summed E-state index contributed by atoms with van der Waals surface area (Å²) in [5, 5.41) is 3.75. The third kappa shape index (κ3) is 5.50. The smallest absolute Gasteiger partial charge is 0.252 e. The molecule has 0 aliphatic carbocycles. The number of nitrogens with zero attached hydrogens (tertiary/aromatic N) is 2. The van der Waals surface area contributed by atoms with Gasteiger partial charge in [0.1, 0.15) is 5.75 Å². The van der Waals surface area contributed by atoms with Crippen LogP contribution in [-0.2, 0) is 11.3 Å². The normalized spacial score (nSPS) is 10.7. The molecule has 4 aromatic rings. The lowest BCUT2D eigenvalue weighted by atomic mass is 10.2. The number of nitrogens with one attached hydrogen (secondary N) is 1. The van der Waals surface area contributed by atoms with Crippen LogP contribution in [0.1, 0.15) is 22.3 Å². The summed E-state index contributed by atoms with van der Waals surface area (Å²) in [5.41, 5.74) is 2.17. The van der Waals surface area contributed by atoms with E-state index in [9.17, 15) is 9.59 Å². The molecule has 0 unspecified atom stereocenters. The number of thiazole rings is 1. The standard InChI is InChI=1S/C25H22ClN3O3S/c1-32-18-11-12-21-22(15-18)33-25(28-21)29(16-17-7-3-2-4-8-17)23(30)13-14-27-24(31)19-9-5-6-10-20(19)26/h2-12,15H,13-14,16H2,1H3,(H,27,31). The molecule has 0 aliphatic rings. The van der Waals surface area contributed by atoms with Gasteiger partial charge in [-0.1, -0.05) is 65.4 Å². The summed E-state index contributed by atoms with van der Waals surface area (Å²) in [5.74, 6) is 0.292. The van der Waals surface area contributed by atoms with E-state index >= 15 is 0 Å². The minimum Gasteiger partial charge on any atom is -0.497 e. The van der Waals surface area contributed by atoms with Gasteiger partial charge in [-0.3, -0.25) is 14.5 Å². The predicted octanol–water partition coefficient (Wildman–Crippen LogP) is 5.31. The van der Waals surface area contributed by atoms with Crippen molar-refractivity contribution in [1.82, 2.24) is 10.3 Å². The molecule has 0 aliphatic heterocycles. The van der Waals surface area contributed by atoms with Crippen molar-refractivity contribution >= 4 is 50.1 Å². The number of carbonyl (C=O) groups excluding carboxylic acids is 2. The summed E-state index contributed by atoms with van der Waals surface area (Å²) >= 11 is 7.52. The van der Waals surface area contributed by atoms with E-state index < -0.39 is 0 Å². The van der Waals surface area contributed by atoms with Crippen molar-refractivity contribution in [1.29, 1.82) is 0 Å². The summed E-state index contributed by atoms with van der Waals surface area (Å²) in [7, 11) is 1.62. The molecule has 0 atom stereocenters. The van der Waals surface area contributed by atoms with Gasteiger partial charge in [0.25, 0.3) is 5.91 Å². The maximum Gasteiger partial charge on any atom is 0.252 e.